The van der Waals surface area contributed by atoms with Crippen LogP contribution in [0.4, 0.5) is 13.2 Å². The van der Waals surface area contributed by atoms with Gasteiger partial charge < -0.3 is 15.4 Å². The minimum absolute atomic E-state index is 0.129. The molecule has 2 N–H and O–H groups in total. The molecule has 5 nitrogen and oxygen atoms in total. The summed E-state index contributed by atoms with van der Waals surface area (Å²) in [6.45, 7) is 0.608. The van der Waals surface area contributed by atoms with Gasteiger partial charge in [-0.05, 0) is 18.6 Å². The summed E-state index contributed by atoms with van der Waals surface area (Å²) in [6.07, 6.45) is -1.91. The van der Waals surface area contributed by atoms with Gasteiger partial charge in [0.2, 0.25) is 11.8 Å². The summed E-state index contributed by atoms with van der Waals surface area (Å²) in [5.74, 6) is -1.63. The van der Waals surface area contributed by atoms with Gasteiger partial charge in [0.1, 0.15) is 5.75 Å². The summed E-state index contributed by atoms with van der Waals surface area (Å²) in [4.78, 5) is 24.5. The van der Waals surface area contributed by atoms with Gasteiger partial charge >= 0.3 is 6.36 Å². The Labute approximate surface area is 130 Å². The SMILES string of the molecule is NC(=O)C1CCN(C(=O)/C=C/c2ccccc2OC(F)(F)F)C1. The Morgan fingerprint density at radius 2 is 2.00 bits per heavy atom. The van der Waals surface area contributed by atoms with Crippen LogP contribution in [-0.2, 0) is 9.59 Å². The predicted octanol–water partition coefficient (Wildman–Crippen LogP) is 1.93. The first kappa shape index (κ1) is 16.9. The third-order valence-corrected chi connectivity index (χ3v) is 3.45. The van der Waals surface area contributed by atoms with Crippen molar-refractivity contribution >= 4 is 17.9 Å². The van der Waals surface area contributed by atoms with Gasteiger partial charge in [0.15, 0.2) is 0 Å². The molecule has 8 heteroatoms. The van der Waals surface area contributed by atoms with E-state index in [1.54, 1.807) is 0 Å². The highest BCUT2D eigenvalue weighted by Crippen LogP contribution is 2.27. The number of carbonyl (C=O) groups excluding carboxylic acids is 2. The number of hydrogen-bond donors (Lipinski definition) is 1. The fraction of sp³-hybridized carbons (Fsp3) is 0.333. The third kappa shape index (κ3) is 4.73. The zero-order chi connectivity index (χ0) is 17.0. The molecule has 124 valence electrons. The number of ether oxygens (including phenoxy) is 1. The number of alkyl halides is 3. The number of primary amides is 1. The largest absolute Gasteiger partial charge is 0.573 e. The summed E-state index contributed by atoms with van der Waals surface area (Å²) in [7, 11) is 0. The third-order valence-electron chi connectivity index (χ3n) is 3.45. The normalized spacial score (nSPS) is 18.4. The van der Waals surface area contributed by atoms with E-state index in [4.69, 9.17) is 5.73 Å². The fourth-order valence-electron chi connectivity index (χ4n) is 2.29. The van der Waals surface area contributed by atoms with E-state index in [1.807, 2.05) is 0 Å². The molecule has 2 rings (SSSR count). The van der Waals surface area contributed by atoms with Crippen molar-refractivity contribution in [3.8, 4) is 5.75 Å². The second-order valence-corrected chi connectivity index (χ2v) is 5.09. The Bertz CT molecular complexity index is 629. The van der Waals surface area contributed by atoms with Crippen LogP contribution in [0.2, 0.25) is 0 Å². The summed E-state index contributed by atoms with van der Waals surface area (Å²) in [6, 6.07) is 5.50. The van der Waals surface area contributed by atoms with Crippen molar-refractivity contribution in [2.24, 2.45) is 11.7 Å². The molecule has 1 atom stereocenters. The topological polar surface area (TPSA) is 72.6 Å². The number of benzene rings is 1. The molecule has 23 heavy (non-hydrogen) atoms. The Balaban J connectivity index is 2.06. The van der Waals surface area contributed by atoms with Crippen molar-refractivity contribution in [3.05, 3.63) is 35.9 Å². The molecule has 1 unspecified atom stereocenters. The van der Waals surface area contributed by atoms with E-state index in [1.165, 1.54) is 29.2 Å². The molecule has 1 aromatic carbocycles. The van der Waals surface area contributed by atoms with Crippen molar-refractivity contribution in [2.45, 2.75) is 12.8 Å². The second-order valence-electron chi connectivity index (χ2n) is 5.09. The van der Waals surface area contributed by atoms with Crippen LogP contribution in [0.25, 0.3) is 6.08 Å². The lowest BCUT2D eigenvalue weighted by molar-refractivity contribution is -0.274. The van der Waals surface area contributed by atoms with E-state index in [9.17, 15) is 22.8 Å². The molecule has 1 aliphatic heterocycles. The molecule has 0 saturated carbocycles. The minimum atomic E-state index is -4.81. The monoisotopic (exact) mass is 328 g/mol. The molecule has 2 amide bonds. The van der Waals surface area contributed by atoms with Crippen LogP contribution in [0.5, 0.6) is 5.75 Å². The fourth-order valence-corrected chi connectivity index (χ4v) is 2.29. The molecular formula is C15H15F3N2O3. The maximum absolute atomic E-state index is 12.3. The van der Waals surface area contributed by atoms with E-state index < -0.39 is 18.2 Å². The van der Waals surface area contributed by atoms with Crippen molar-refractivity contribution in [2.75, 3.05) is 13.1 Å². The maximum atomic E-state index is 12.3. The van der Waals surface area contributed by atoms with Gasteiger partial charge in [0.25, 0.3) is 0 Å². The van der Waals surface area contributed by atoms with E-state index in [2.05, 4.69) is 4.74 Å². The molecule has 1 aliphatic rings. The molecule has 1 heterocycles. The molecule has 1 saturated heterocycles. The first-order valence-corrected chi connectivity index (χ1v) is 6.87. The summed E-state index contributed by atoms with van der Waals surface area (Å²) in [5.41, 5.74) is 5.31. The average Bonchev–Trinajstić information content (AvgIpc) is 2.94. The summed E-state index contributed by atoms with van der Waals surface area (Å²) in [5, 5.41) is 0. The van der Waals surface area contributed by atoms with Crippen LogP contribution >= 0.6 is 0 Å². The van der Waals surface area contributed by atoms with Gasteiger partial charge in [-0.3, -0.25) is 9.59 Å². The molecule has 0 radical (unpaired) electrons. The smallest absolute Gasteiger partial charge is 0.405 e. The van der Waals surface area contributed by atoms with Crippen LogP contribution in [0, 0.1) is 5.92 Å². The van der Waals surface area contributed by atoms with Gasteiger partial charge in [-0.25, -0.2) is 0 Å². The van der Waals surface area contributed by atoms with Crippen LogP contribution in [-0.4, -0.2) is 36.2 Å². The second kappa shape index (κ2) is 6.72. The standard InChI is InChI=1S/C15H15F3N2O3/c16-15(17,18)23-12-4-2-1-3-10(12)5-6-13(21)20-8-7-11(9-20)14(19)22/h1-6,11H,7-9H2,(H2,19,22)/b6-5+. The van der Waals surface area contributed by atoms with E-state index in [-0.39, 0.29) is 23.8 Å². The lowest BCUT2D eigenvalue weighted by atomic mass is 10.1. The molecule has 0 aromatic heterocycles. The van der Waals surface area contributed by atoms with Crippen molar-refractivity contribution in [3.63, 3.8) is 0 Å². The van der Waals surface area contributed by atoms with Gasteiger partial charge in [-0.15, -0.1) is 13.2 Å². The highest BCUT2D eigenvalue weighted by molar-refractivity contribution is 5.93. The number of rotatable bonds is 4. The number of likely N-dealkylation sites (tertiary alicyclic amines) is 1. The Kier molecular flexibility index (Phi) is 4.92. The predicted molar refractivity (Wildman–Crippen MR) is 76.0 cm³/mol. The van der Waals surface area contributed by atoms with Crippen LogP contribution < -0.4 is 10.5 Å². The molecule has 0 aliphatic carbocycles. The van der Waals surface area contributed by atoms with Crippen molar-refractivity contribution in [1.82, 2.24) is 4.90 Å². The molecule has 0 bridgehead atoms. The number of carbonyl (C=O) groups is 2. The first-order valence-electron chi connectivity index (χ1n) is 6.87. The van der Waals surface area contributed by atoms with E-state index in [0.717, 1.165) is 12.1 Å². The Hall–Kier alpha value is -2.51. The minimum Gasteiger partial charge on any atom is -0.405 e. The van der Waals surface area contributed by atoms with Crippen molar-refractivity contribution in [1.29, 1.82) is 0 Å². The van der Waals surface area contributed by atoms with Crippen molar-refractivity contribution < 1.29 is 27.5 Å². The molecule has 1 fully saturated rings. The number of nitrogens with zero attached hydrogens (tertiary/aromatic N) is 1. The summed E-state index contributed by atoms with van der Waals surface area (Å²) >= 11 is 0. The number of halogens is 3. The number of amides is 2. The van der Waals surface area contributed by atoms with Crippen LogP contribution in [0.3, 0.4) is 0 Å². The Morgan fingerprint density at radius 1 is 1.30 bits per heavy atom. The van der Waals surface area contributed by atoms with Gasteiger partial charge in [-0.2, -0.15) is 0 Å². The zero-order valence-electron chi connectivity index (χ0n) is 12.0. The lowest BCUT2D eigenvalue weighted by Gasteiger charge is -2.14. The quantitative estimate of drug-likeness (QED) is 0.859. The summed E-state index contributed by atoms with van der Waals surface area (Å²) < 4.78 is 40.9. The van der Waals surface area contributed by atoms with Crippen LogP contribution in [0.1, 0.15) is 12.0 Å². The Morgan fingerprint density at radius 3 is 2.61 bits per heavy atom. The van der Waals surface area contributed by atoms with Gasteiger partial charge in [0, 0.05) is 24.7 Å². The van der Waals surface area contributed by atoms with Gasteiger partial charge in [0.05, 0.1) is 5.92 Å². The number of nitrogens with two attached hydrogens (primary N) is 1. The highest BCUT2D eigenvalue weighted by atomic mass is 19.4. The number of hydrogen-bond acceptors (Lipinski definition) is 3. The lowest BCUT2D eigenvalue weighted by Crippen LogP contribution is -2.30. The number of para-hydroxylation sites is 1. The average molecular weight is 328 g/mol. The van der Waals surface area contributed by atoms with E-state index >= 15 is 0 Å². The molecule has 1 aromatic rings. The zero-order valence-corrected chi connectivity index (χ0v) is 12.0. The molecule has 0 spiro atoms. The maximum Gasteiger partial charge on any atom is 0.573 e. The van der Waals surface area contributed by atoms with E-state index in [0.29, 0.717) is 13.0 Å². The molecular weight excluding hydrogens is 313 g/mol. The first-order chi connectivity index (χ1) is 10.8. The van der Waals surface area contributed by atoms with Crippen LogP contribution in [0.15, 0.2) is 30.3 Å². The van der Waals surface area contributed by atoms with Gasteiger partial charge in [-0.1, -0.05) is 18.2 Å². The highest BCUT2D eigenvalue weighted by Gasteiger charge is 2.32.